The first kappa shape index (κ1) is 16.4. The molecule has 114 valence electrons. The second-order valence-electron chi connectivity index (χ2n) is 4.22. The van der Waals surface area contributed by atoms with Crippen LogP contribution in [0.15, 0.2) is 18.2 Å². The number of rotatable bonds is 7. The zero-order valence-corrected chi connectivity index (χ0v) is 11.3. The van der Waals surface area contributed by atoms with Crippen molar-refractivity contribution >= 4 is 17.8 Å². The summed E-state index contributed by atoms with van der Waals surface area (Å²) in [5.41, 5.74) is 4.60. The van der Waals surface area contributed by atoms with E-state index in [1.165, 1.54) is 19.2 Å². The fourth-order valence-corrected chi connectivity index (χ4v) is 1.59. The van der Waals surface area contributed by atoms with E-state index in [4.69, 9.17) is 15.6 Å². The van der Waals surface area contributed by atoms with Gasteiger partial charge in [0.25, 0.3) is 5.91 Å². The minimum atomic E-state index is -1.33. The van der Waals surface area contributed by atoms with Crippen molar-refractivity contribution in [3.8, 4) is 5.75 Å². The number of carbonyl (C=O) groups excluding carboxylic acids is 2. The highest BCUT2D eigenvalue weighted by atomic mass is 19.1. The van der Waals surface area contributed by atoms with Crippen LogP contribution >= 0.6 is 0 Å². The summed E-state index contributed by atoms with van der Waals surface area (Å²) in [6.07, 6.45) is -0.378. The highest BCUT2D eigenvalue weighted by molar-refractivity contribution is 5.97. The number of amides is 2. The van der Waals surface area contributed by atoms with Gasteiger partial charge < -0.3 is 20.9 Å². The molecule has 0 bridgehead atoms. The van der Waals surface area contributed by atoms with Gasteiger partial charge in [0.2, 0.25) is 5.91 Å². The summed E-state index contributed by atoms with van der Waals surface area (Å²) in [6, 6.07) is 2.23. The zero-order chi connectivity index (χ0) is 16.0. The van der Waals surface area contributed by atoms with E-state index in [1.54, 1.807) is 0 Å². The number of halogens is 1. The molecule has 1 atom stereocenters. The maximum atomic E-state index is 13.7. The summed E-state index contributed by atoms with van der Waals surface area (Å²) in [5, 5.41) is 11.1. The monoisotopic (exact) mass is 298 g/mol. The van der Waals surface area contributed by atoms with Crippen molar-refractivity contribution in [2.45, 2.75) is 18.9 Å². The number of aliphatic carboxylic acids is 1. The molecule has 8 heteroatoms. The number of nitrogens with one attached hydrogen (secondary N) is 1. The molecule has 1 unspecified atom stereocenters. The van der Waals surface area contributed by atoms with Crippen LogP contribution in [0.25, 0.3) is 0 Å². The second kappa shape index (κ2) is 7.22. The first-order valence-corrected chi connectivity index (χ1v) is 6.00. The SMILES string of the molecule is COc1ccc(C(=O)NC(CCC(N)=O)C(=O)O)c(F)c1. The van der Waals surface area contributed by atoms with Crippen LogP contribution in [-0.2, 0) is 9.59 Å². The normalized spacial score (nSPS) is 11.5. The molecule has 0 aromatic heterocycles. The van der Waals surface area contributed by atoms with E-state index in [1.807, 2.05) is 0 Å². The number of carboxylic acids is 1. The van der Waals surface area contributed by atoms with E-state index >= 15 is 0 Å². The Hall–Kier alpha value is -2.64. The molecule has 0 aliphatic heterocycles. The quantitative estimate of drug-likeness (QED) is 0.668. The number of methoxy groups -OCH3 is 1. The molecule has 0 spiro atoms. The van der Waals surface area contributed by atoms with Crippen molar-refractivity contribution in [3.63, 3.8) is 0 Å². The number of ether oxygens (including phenoxy) is 1. The van der Waals surface area contributed by atoms with Crippen LogP contribution < -0.4 is 15.8 Å². The molecule has 0 radical (unpaired) electrons. The van der Waals surface area contributed by atoms with E-state index in [2.05, 4.69) is 5.32 Å². The first-order valence-electron chi connectivity index (χ1n) is 6.00. The Morgan fingerprint density at radius 3 is 2.57 bits per heavy atom. The third-order valence-electron chi connectivity index (χ3n) is 2.70. The maximum absolute atomic E-state index is 13.7. The van der Waals surface area contributed by atoms with Crippen LogP contribution in [0.3, 0.4) is 0 Å². The molecule has 7 nitrogen and oxygen atoms in total. The predicted molar refractivity (Wildman–Crippen MR) is 70.3 cm³/mol. The molecule has 0 fully saturated rings. The number of carboxylic acid groups (broad SMARTS) is 1. The molecule has 0 saturated carbocycles. The number of primary amides is 1. The third kappa shape index (κ3) is 4.75. The Kier molecular flexibility index (Phi) is 5.65. The maximum Gasteiger partial charge on any atom is 0.326 e. The number of nitrogens with two attached hydrogens (primary N) is 1. The van der Waals surface area contributed by atoms with E-state index in [0.29, 0.717) is 0 Å². The average molecular weight is 298 g/mol. The van der Waals surface area contributed by atoms with Gasteiger partial charge in [-0.25, -0.2) is 9.18 Å². The Morgan fingerprint density at radius 1 is 1.43 bits per heavy atom. The van der Waals surface area contributed by atoms with E-state index in [9.17, 15) is 18.8 Å². The van der Waals surface area contributed by atoms with Crippen molar-refractivity contribution < 1.29 is 28.6 Å². The van der Waals surface area contributed by atoms with Gasteiger partial charge in [0.1, 0.15) is 17.6 Å². The smallest absolute Gasteiger partial charge is 0.326 e. The molecule has 1 rings (SSSR count). The Bertz CT molecular complexity index is 561. The van der Waals surface area contributed by atoms with Gasteiger partial charge in [-0.1, -0.05) is 0 Å². The van der Waals surface area contributed by atoms with Crippen LogP contribution in [0.4, 0.5) is 4.39 Å². The van der Waals surface area contributed by atoms with Gasteiger partial charge in [-0.15, -0.1) is 0 Å². The van der Waals surface area contributed by atoms with Crippen molar-refractivity contribution in [3.05, 3.63) is 29.6 Å². The molecule has 2 amide bonds. The van der Waals surface area contributed by atoms with Crippen LogP contribution in [-0.4, -0.2) is 36.0 Å². The Morgan fingerprint density at radius 2 is 2.10 bits per heavy atom. The minimum Gasteiger partial charge on any atom is -0.497 e. The molecule has 4 N–H and O–H groups in total. The first-order chi connectivity index (χ1) is 9.85. The molecular weight excluding hydrogens is 283 g/mol. The lowest BCUT2D eigenvalue weighted by molar-refractivity contribution is -0.139. The highest BCUT2D eigenvalue weighted by Crippen LogP contribution is 2.16. The van der Waals surface area contributed by atoms with Crippen LogP contribution in [0.1, 0.15) is 23.2 Å². The fraction of sp³-hybridized carbons (Fsp3) is 0.308. The minimum absolute atomic E-state index is 0.172. The largest absolute Gasteiger partial charge is 0.497 e. The van der Waals surface area contributed by atoms with Gasteiger partial charge in [0.15, 0.2) is 0 Å². The summed E-state index contributed by atoms with van der Waals surface area (Å²) in [4.78, 5) is 33.5. The van der Waals surface area contributed by atoms with E-state index in [0.717, 1.165) is 6.07 Å². The van der Waals surface area contributed by atoms with Crippen LogP contribution in [0.2, 0.25) is 0 Å². The summed E-state index contributed by atoms with van der Waals surface area (Å²) in [6.45, 7) is 0. The Labute approximate surface area is 119 Å². The summed E-state index contributed by atoms with van der Waals surface area (Å²) in [5.74, 6) is -3.53. The zero-order valence-electron chi connectivity index (χ0n) is 11.3. The summed E-state index contributed by atoms with van der Waals surface area (Å²) < 4.78 is 18.5. The molecule has 1 aromatic rings. The Balaban J connectivity index is 2.82. The average Bonchev–Trinajstić information content (AvgIpc) is 2.42. The molecule has 0 aliphatic carbocycles. The van der Waals surface area contributed by atoms with Crippen molar-refractivity contribution in [2.75, 3.05) is 7.11 Å². The highest BCUT2D eigenvalue weighted by Gasteiger charge is 2.22. The number of carbonyl (C=O) groups is 3. The van der Waals surface area contributed by atoms with Gasteiger partial charge >= 0.3 is 5.97 Å². The van der Waals surface area contributed by atoms with Crippen molar-refractivity contribution in [1.29, 1.82) is 0 Å². The third-order valence-corrected chi connectivity index (χ3v) is 2.70. The molecular formula is C13H15FN2O5. The molecule has 0 saturated heterocycles. The second-order valence-corrected chi connectivity index (χ2v) is 4.22. The lowest BCUT2D eigenvalue weighted by Crippen LogP contribution is -2.41. The van der Waals surface area contributed by atoms with Gasteiger partial charge in [0.05, 0.1) is 12.7 Å². The van der Waals surface area contributed by atoms with Crippen LogP contribution in [0, 0.1) is 5.82 Å². The standard InChI is InChI=1S/C13H15FN2O5/c1-21-7-2-3-8(9(14)6-7)12(18)16-10(13(19)20)4-5-11(15)17/h2-3,6,10H,4-5H2,1H3,(H2,15,17)(H,16,18)(H,19,20). The van der Waals surface area contributed by atoms with Crippen molar-refractivity contribution in [2.24, 2.45) is 5.73 Å². The van der Waals surface area contributed by atoms with E-state index in [-0.39, 0.29) is 24.2 Å². The number of hydrogen-bond donors (Lipinski definition) is 3. The number of hydrogen-bond acceptors (Lipinski definition) is 4. The van der Waals surface area contributed by atoms with Gasteiger partial charge in [-0.05, 0) is 18.6 Å². The summed E-state index contributed by atoms with van der Waals surface area (Å²) >= 11 is 0. The molecule has 0 heterocycles. The van der Waals surface area contributed by atoms with E-state index < -0.39 is 29.6 Å². The van der Waals surface area contributed by atoms with Gasteiger partial charge in [0, 0.05) is 12.5 Å². The van der Waals surface area contributed by atoms with Gasteiger partial charge in [-0.2, -0.15) is 0 Å². The lowest BCUT2D eigenvalue weighted by atomic mass is 10.1. The topological polar surface area (TPSA) is 119 Å². The lowest BCUT2D eigenvalue weighted by Gasteiger charge is -2.14. The predicted octanol–water partition coefficient (Wildman–Crippen LogP) is 0.283. The number of benzene rings is 1. The fourth-order valence-electron chi connectivity index (χ4n) is 1.59. The van der Waals surface area contributed by atoms with Crippen molar-refractivity contribution in [1.82, 2.24) is 5.32 Å². The summed E-state index contributed by atoms with van der Waals surface area (Å²) in [7, 11) is 1.35. The van der Waals surface area contributed by atoms with Crippen LogP contribution in [0.5, 0.6) is 5.75 Å². The molecule has 1 aromatic carbocycles. The molecule has 0 aliphatic rings. The molecule has 21 heavy (non-hydrogen) atoms. The van der Waals surface area contributed by atoms with Gasteiger partial charge in [-0.3, -0.25) is 9.59 Å².